The van der Waals surface area contributed by atoms with Crippen LogP contribution in [0.25, 0.3) is 0 Å². The van der Waals surface area contributed by atoms with Crippen LogP contribution in [-0.4, -0.2) is 27.0 Å². The number of hydrogen-bond donors (Lipinski definition) is 5. The minimum absolute atomic E-state index is 0.0374. The zero-order valence-corrected chi connectivity index (χ0v) is 11.9. The molecule has 4 rings (SSSR count). The summed E-state index contributed by atoms with van der Waals surface area (Å²) >= 11 is 0. The predicted octanol–water partition coefficient (Wildman–Crippen LogP) is 1.84. The molecule has 0 saturated carbocycles. The molecule has 1 unspecified atom stereocenters. The molecular formula is C17H17NO4. The highest BCUT2D eigenvalue weighted by molar-refractivity contribution is 5.59. The zero-order valence-electron chi connectivity index (χ0n) is 11.9. The van der Waals surface area contributed by atoms with Gasteiger partial charge in [-0.25, -0.2) is 0 Å². The van der Waals surface area contributed by atoms with Crippen molar-refractivity contribution in [1.29, 1.82) is 0 Å². The fraction of sp³-hybridized carbons (Fsp3) is 0.294. The Kier molecular flexibility index (Phi) is 2.74. The van der Waals surface area contributed by atoms with E-state index in [9.17, 15) is 20.4 Å². The first-order valence-electron chi connectivity index (χ1n) is 7.38. The van der Waals surface area contributed by atoms with Crippen molar-refractivity contribution in [2.24, 2.45) is 0 Å². The number of nitrogens with one attached hydrogen (secondary N) is 1. The lowest BCUT2D eigenvalue weighted by atomic mass is 9.87. The van der Waals surface area contributed by atoms with Crippen LogP contribution in [0.3, 0.4) is 0 Å². The highest BCUT2D eigenvalue weighted by Gasteiger charge is 2.30. The minimum Gasteiger partial charge on any atom is -0.504 e. The first kappa shape index (κ1) is 13.3. The number of phenolic OH excluding ortho intramolecular Hbond substituents is 4. The summed E-state index contributed by atoms with van der Waals surface area (Å²) in [4.78, 5) is 0. The summed E-state index contributed by atoms with van der Waals surface area (Å²) in [6.07, 6.45) is 1.90. The van der Waals surface area contributed by atoms with Gasteiger partial charge in [0.05, 0.1) is 0 Å². The molecule has 1 heterocycles. The number of phenols is 4. The molecule has 2 aromatic rings. The lowest BCUT2D eigenvalue weighted by molar-refractivity contribution is 0.394. The third kappa shape index (κ3) is 1.82. The van der Waals surface area contributed by atoms with E-state index in [-0.39, 0.29) is 29.0 Å². The van der Waals surface area contributed by atoms with Crippen LogP contribution in [0.15, 0.2) is 18.2 Å². The summed E-state index contributed by atoms with van der Waals surface area (Å²) in [6.45, 7) is 0.806. The van der Waals surface area contributed by atoms with E-state index in [2.05, 4.69) is 5.32 Å². The largest absolute Gasteiger partial charge is 0.504 e. The average molecular weight is 299 g/mol. The number of hydrogen-bond acceptors (Lipinski definition) is 5. The van der Waals surface area contributed by atoms with Gasteiger partial charge in [0, 0.05) is 18.0 Å². The third-order valence-electron chi connectivity index (χ3n) is 4.73. The molecule has 0 radical (unpaired) electrons. The minimum atomic E-state index is -0.165. The molecule has 0 spiro atoms. The van der Waals surface area contributed by atoms with Crippen LogP contribution in [0.1, 0.15) is 33.9 Å². The van der Waals surface area contributed by atoms with Crippen LogP contribution >= 0.6 is 0 Å². The van der Waals surface area contributed by atoms with Crippen molar-refractivity contribution in [3.8, 4) is 23.0 Å². The standard InChI is InChI=1S/C17H17NO4/c19-13-6-9-3-11-16-8(5-15(21)17(11)22)1-2-18-12(16)4-10(9)7-14(13)20/h5-7,12,18-22H,1-4H2. The zero-order chi connectivity index (χ0) is 15.4. The van der Waals surface area contributed by atoms with Gasteiger partial charge in [-0.2, -0.15) is 0 Å². The van der Waals surface area contributed by atoms with Crippen LogP contribution in [0.4, 0.5) is 0 Å². The van der Waals surface area contributed by atoms with Crippen molar-refractivity contribution >= 4 is 0 Å². The Morgan fingerprint density at radius 3 is 2.32 bits per heavy atom. The van der Waals surface area contributed by atoms with E-state index in [1.54, 1.807) is 12.1 Å². The highest BCUT2D eigenvalue weighted by Crippen LogP contribution is 2.44. The van der Waals surface area contributed by atoms with Crippen LogP contribution in [0.5, 0.6) is 23.0 Å². The van der Waals surface area contributed by atoms with Crippen LogP contribution < -0.4 is 5.32 Å². The SMILES string of the molecule is Oc1cc2c(cc1O)CC1NCCc3cc(O)c(O)c(c31)C2. The van der Waals surface area contributed by atoms with Gasteiger partial charge in [0.2, 0.25) is 0 Å². The molecule has 5 N–H and O–H groups in total. The van der Waals surface area contributed by atoms with Crippen molar-refractivity contribution < 1.29 is 20.4 Å². The van der Waals surface area contributed by atoms with E-state index in [1.807, 2.05) is 0 Å². The molecule has 0 saturated heterocycles. The molecule has 1 atom stereocenters. The Balaban J connectivity index is 1.97. The van der Waals surface area contributed by atoms with Gasteiger partial charge in [-0.15, -0.1) is 0 Å². The summed E-state index contributed by atoms with van der Waals surface area (Å²) in [7, 11) is 0. The second-order valence-corrected chi connectivity index (χ2v) is 6.04. The van der Waals surface area contributed by atoms with Crippen LogP contribution in [-0.2, 0) is 19.3 Å². The normalized spacial score (nSPS) is 19.2. The van der Waals surface area contributed by atoms with E-state index in [0.29, 0.717) is 18.4 Å². The molecule has 5 heteroatoms. The number of aromatic hydroxyl groups is 4. The monoisotopic (exact) mass is 299 g/mol. The Morgan fingerprint density at radius 2 is 1.55 bits per heavy atom. The van der Waals surface area contributed by atoms with E-state index in [1.165, 1.54) is 6.07 Å². The molecule has 0 amide bonds. The van der Waals surface area contributed by atoms with Gasteiger partial charge in [0.25, 0.3) is 0 Å². The second kappa shape index (κ2) is 4.55. The van der Waals surface area contributed by atoms with E-state index >= 15 is 0 Å². The lowest BCUT2D eigenvalue weighted by Gasteiger charge is -2.28. The number of benzene rings is 2. The van der Waals surface area contributed by atoms with Crippen molar-refractivity contribution in [3.63, 3.8) is 0 Å². The topological polar surface area (TPSA) is 93.0 Å². The Hall–Kier alpha value is -2.40. The van der Waals surface area contributed by atoms with Crippen LogP contribution in [0, 0.1) is 0 Å². The van der Waals surface area contributed by atoms with E-state index in [0.717, 1.165) is 35.2 Å². The van der Waals surface area contributed by atoms with Gasteiger partial charge in [-0.1, -0.05) is 0 Å². The molecule has 5 nitrogen and oxygen atoms in total. The maximum absolute atomic E-state index is 10.3. The summed E-state index contributed by atoms with van der Waals surface area (Å²) in [5, 5.41) is 43.2. The molecule has 114 valence electrons. The first-order chi connectivity index (χ1) is 10.5. The summed E-state index contributed by atoms with van der Waals surface area (Å²) in [5.41, 5.74) is 4.59. The van der Waals surface area contributed by atoms with Gasteiger partial charge < -0.3 is 25.7 Å². The molecule has 1 aliphatic carbocycles. The molecule has 0 bridgehead atoms. The van der Waals surface area contributed by atoms with E-state index in [4.69, 9.17) is 0 Å². The fourth-order valence-electron chi connectivity index (χ4n) is 3.69. The smallest absolute Gasteiger partial charge is 0.161 e. The Labute approximate surface area is 127 Å². The Bertz CT molecular complexity index is 785. The molecular weight excluding hydrogens is 282 g/mol. The summed E-state index contributed by atoms with van der Waals surface area (Å²) in [6, 6.07) is 4.81. The van der Waals surface area contributed by atoms with Crippen molar-refractivity contribution in [1.82, 2.24) is 5.32 Å². The van der Waals surface area contributed by atoms with Crippen molar-refractivity contribution in [2.45, 2.75) is 25.3 Å². The molecule has 2 aliphatic rings. The summed E-state index contributed by atoms with van der Waals surface area (Å²) in [5.74, 6) is -0.483. The van der Waals surface area contributed by atoms with Crippen molar-refractivity contribution in [3.05, 3.63) is 46.0 Å². The second-order valence-electron chi connectivity index (χ2n) is 6.04. The van der Waals surface area contributed by atoms with Gasteiger partial charge >= 0.3 is 0 Å². The molecule has 22 heavy (non-hydrogen) atoms. The number of rotatable bonds is 0. The van der Waals surface area contributed by atoms with Gasteiger partial charge in [0.15, 0.2) is 23.0 Å². The molecule has 0 fully saturated rings. The average Bonchev–Trinajstić information content (AvgIpc) is 2.63. The maximum atomic E-state index is 10.3. The Morgan fingerprint density at radius 1 is 0.864 bits per heavy atom. The fourth-order valence-corrected chi connectivity index (χ4v) is 3.69. The molecule has 0 aromatic heterocycles. The van der Waals surface area contributed by atoms with Gasteiger partial charge in [-0.3, -0.25) is 0 Å². The summed E-state index contributed by atoms with van der Waals surface area (Å²) < 4.78 is 0. The number of fused-ring (bicyclic) bond motifs is 1. The van der Waals surface area contributed by atoms with Crippen LogP contribution in [0.2, 0.25) is 0 Å². The highest BCUT2D eigenvalue weighted by atomic mass is 16.3. The van der Waals surface area contributed by atoms with Gasteiger partial charge in [0.1, 0.15) is 0 Å². The van der Waals surface area contributed by atoms with Gasteiger partial charge in [-0.05, 0) is 59.8 Å². The maximum Gasteiger partial charge on any atom is 0.161 e. The quantitative estimate of drug-likeness (QED) is 0.479. The van der Waals surface area contributed by atoms with E-state index < -0.39 is 0 Å². The third-order valence-corrected chi connectivity index (χ3v) is 4.73. The first-order valence-corrected chi connectivity index (χ1v) is 7.38. The lowest BCUT2D eigenvalue weighted by Crippen LogP contribution is -2.31. The molecule has 2 aromatic carbocycles. The van der Waals surface area contributed by atoms with Crippen molar-refractivity contribution in [2.75, 3.05) is 6.54 Å². The molecule has 1 aliphatic heterocycles. The predicted molar refractivity (Wildman–Crippen MR) is 80.5 cm³/mol.